The number of carbonyl (C=O) groups excluding carboxylic acids is 2. The van der Waals surface area contributed by atoms with Gasteiger partial charge in [0.05, 0.1) is 0 Å². The Kier molecular flexibility index (Phi) is 18.7. The summed E-state index contributed by atoms with van der Waals surface area (Å²) in [5.41, 5.74) is 1.63. The summed E-state index contributed by atoms with van der Waals surface area (Å²) in [4.78, 5) is 27.3. The third-order valence-corrected chi connectivity index (χ3v) is 8.62. The summed E-state index contributed by atoms with van der Waals surface area (Å²) in [5.74, 6) is 0.508. The van der Waals surface area contributed by atoms with Crippen molar-refractivity contribution in [2.75, 3.05) is 0 Å². The van der Waals surface area contributed by atoms with Gasteiger partial charge in [0.25, 0.3) is 0 Å². The Bertz CT molecular complexity index is 825. The largest absolute Gasteiger partial charge is 0.294 e. The molecule has 0 spiro atoms. The molecule has 0 aliphatic carbocycles. The first-order valence-electron chi connectivity index (χ1n) is 16.1. The average Bonchev–Trinajstić information content (AvgIpc) is 2.96. The summed E-state index contributed by atoms with van der Waals surface area (Å²) in [6.45, 7) is 4.51. The highest BCUT2D eigenvalue weighted by molar-refractivity contribution is 7.99. The normalized spacial score (nSPS) is 11.1. The van der Waals surface area contributed by atoms with E-state index in [4.69, 9.17) is 0 Å². The SMILES string of the molecule is CCCCCCCCCCCC(=O)c1ccc(Sc2ccc(C(=O)CCCCCCCCCCC)cc2)cc1. The lowest BCUT2D eigenvalue weighted by molar-refractivity contribution is 0.0971. The Hall–Kier alpha value is -1.87. The molecule has 0 saturated carbocycles. The lowest BCUT2D eigenvalue weighted by Crippen LogP contribution is -1.99. The van der Waals surface area contributed by atoms with Crippen molar-refractivity contribution in [1.29, 1.82) is 0 Å². The van der Waals surface area contributed by atoms with Gasteiger partial charge in [0.1, 0.15) is 0 Å². The van der Waals surface area contributed by atoms with Gasteiger partial charge < -0.3 is 0 Å². The average molecular weight is 551 g/mol. The van der Waals surface area contributed by atoms with Crippen LogP contribution in [0.5, 0.6) is 0 Å². The monoisotopic (exact) mass is 550 g/mol. The molecule has 0 amide bonds. The van der Waals surface area contributed by atoms with Crippen molar-refractivity contribution in [1.82, 2.24) is 0 Å². The molecule has 0 bridgehead atoms. The summed E-state index contributed by atoms with van der Waals surface area (Å²) in [6, 6.07) is 16.0. The van der Waals surface area contributed by atoms with Crippen molar-refractivity contribution in [3.63, 3.8) is 0 Å². The Morgan fingerprint density at radius 1 is 0.436 bits per heavy atom. The van der Waals surface area contributed by atoms with E-state index in [1.54, 1.807) is 11.8 Å². The summed E-state index contributed by atoms with van der Waals surface area (Å²) in [7, 11) is 0. The topological polar surface area (TPSA) is 34.1 Å². The van der Waals surface area contributed by atoms with Crippen LogP contribution in [0, 0.1) is 0 Å². The number of hydrogen-bond donors (Lipinski definition) is 0. The molecule has 0 aliphatic rings. The molecule has 0 saturated heterocycles. The molecule has 0 aliphatic heterocycles. The van der Waals surface area contributed by atoms with Gasteiger partial charge >= 0.3 is 0 Å². The van der Waals surface area contributed by atoms with E-state index in [9.17, 15) is 9.59 Å². The van der Waals surface area contributed by atoms with E-state index in [2.05, 4.69) is 13.8 Å². The van der Waals surface area contributed by atoms with E-state index in [0.29, 0.717) is 12.8 Å². The van der Waals surface area contributed by atoms with E-state index in [0.717, 1.165) is 46.6 Å². The summed E-state index contributed by atoms with van der Waals surface area (Å²) in [5, 5.41) is 0. The number of benzene rings is 2. The predicted octanol–water partition coefficient (Wildman–Crippen LogP) is 12.0. The fraction of sp³-hybridized carbons (Fsp3) is 0.611. The summed E-state index contributed by atoms with van der Waals surface area (Å²) >= 11 is 1.67. The van der Waals surface area contributed by atoms with Crippen LogP contribution in [-0.2, 0) is 0 Å². The Morgan fingerprint density at radius 2 is 0.718 bits per heavy atom. The quantitative estimate of drug-likeness (QED) is 0.0962. The molecule has 2 rings (SSSR count). The molecule has 2 aromatic carbocycles. The van der Waals surface area contributed by atoms with Crippen LogP contribution >= 0.6 is 11.8 Å². The molecular formula is C36H54O2S. The highest BCUT2D eigenvalue weighted by Gasteiger charge is 2.08. The van der Waals surface area contributed by atoms with Crippen molar-refractivity contribution >= 4 is 23.3 Å². The number of unbranched alkanes of at least 4 members (excludes halogenated alkanes) is 16. The predicted molar refractivity (Wildman–Crippen MR) is 169 cm³/mol. The second-order valence-corrected chi connectivity index (χ2v) is 12.3. The first-order chi connectivity index (χ1) is 19.1. The minimum absolute atomic E-state index is 0.254. The Labute approximate surface area is 244 Å². The third kappa shape index (κ3) is 15.5. The van der Waals surface area contributed by atoms with Gasteiger partial charge in [-0.3, -0.25) is 9.59 Å². The fourth-order valence-electron chi connectivity index (χ4n) is 5.03. The van der Waals surface area contributed by atoms with Crippen molar-refractivity contribution in [2.24, 2.45) is 0 Å². The first kappa shape index (κ1) is 33.3. The summed E-state index contributed by atoms with van der Waals surface area (Å²) in [6.07, 6.45) is 24.2. The molecule has 2 aromatic rings. The lowest BCUT2D eigenvalue weighted by Gasteiger charge is -2.06. The number of ketones is 2. The van der Waals surface area contributed by atoms with Gasteiger partial charge in [-0.1, -0.05) is 153 Å². The van der Waals surface area contributed by atoms with Crippen LogP contribution in [0.2, 0.25) is 0 Å². The van der Waals surface area contributed by atoms with Gasteiger partial charge in [0.2, 0.25) is 0 Å². The lowest BCUT2D eigenvalue weighted by atomic mass is 10.0. The van der Waals surface area contributed by atoms with Crippen LogP contribution in [0.1, 0.15) is 163 Å². The molecule has 0 aromatic heterocycles. The Balaban J connectivity index is 1.61. The van der Waals surface area contributed by atoms with Gasteiger partial charge in [-0.15, -0.1) is 0 Å². The molecule has 0 heterocycles. The van der Waals surface area contributed by atoms with E-state index < -0.39 is 0 Å². The zero-order valence-corrected chi connectivity index (χ0v) is 25.8. The highest BCUT2D eigenvalue weighted by Crippen LogP contribution is 2.28. The van der Waals surface area contributed by atoms with E-state index >= 15 is 0 Å². The van der Waals surface area contributed by atoms with Gasteiger partial charge in [0.15, 0.2) is 11.6 Å². The van der Waals surface area contributed by atoms with Crippen LogP contribution < -0.4 is 0 Å². The van der Waals surface area contributed by atoms with Crippen LogP contribution in [-0.4, -0.2) is 11.6 Å². The second kappa shape index (κ2) is 21.9. The molecule has 0 fully saturated rings. The molecule has 0 unspecified atom stereocenters. The van der Waals surface area contributed by atoms with Crippen molar-refractivity contribution in [2.45, 2.75) is 152 Å². The van der Waals surface area contributed by atoms with Crippen molar-refractivity contribution < 1.29 is 9.59 Å². The Morgan fingerprint density at radius 3 is 1.03 bits per heavy atom. The standard InChI is InChI=1S/C36H54O2S/c1-3-5-7-9-11-13-15-17-19-21-35(37)31-23-27-33(28-24-31)39-34-29-25-32(26-30-34)36(38)22-20-18-16-14-12-10-8-6-4-2/h23-30H,3-22H2,1-2H3. The maximum Gasteiger partial charge on any atom is 0.162 e. The number of carbonyl (C=O) groups is 2. The van der Waals surface area contributed by atoms with Gasteiger partial charge in [-0.05, 0) is 37.1 Å². The van der Waals surface area contributed by atoms with Crippen LogP contribution in [0.25, 0.3) is 0 Å². The minimum atomic E-state index is 0.254. The van der Waals surface area contributed by atoms with E-state index in [1.807, 2.05) is 48.5 Å². The van der Waals surface area contributed by atoms with E-state index in [1.165, 1.54) is 89.9 Å². The van der Waals surface area contributed by atoms with Crippen molar-refractivity contribution in [3.8, 4) is 0 Å². The fourth-order valence-corrected chi connectivity index (χ4v) is 5.85. The molecule has 216 valence electrons. The molecule has 0 radical (unpaired) electrons. The van der Waals surface area contributed by atoms with E-state index in [-0.39, 0.29) is 11.6 Å². The molecule has 0 atom stereocenters. The maximum atomic E-state index is 12.6. The molecule has 39 heavy (non-hydrogen) atoms. The second-order valence-electron chi connectivity index (χ2n) is 11.2. The van der Waals surface area contributed by atoms with Crippen LogP contribution in [0.3, 0.4) is 0 Å². The van der Waals surface area contributed by atoms with Gasteiger partial charge in [-0.25, -0.2) is 0 Å². The first-order valence-corrected chi connectivity index (χ1v) is 16.9. The van der Waals surface area contributed by atoms with Gasteiger partial charge in [-0.2, -0.15) is 0 Å². The van der Waals surface area contributed by atoms with Crippen LogP contribution in [0.15, 0.2) is 58.3 Å². The molecule has 2 nitrogen and oxygen atoms in total. The smallest absolute Gasteiger partial charge is 0.162 e. The number of Topliss-reactive ketones (excluding diaryl/α,β-unsaturated/α-hetero) is 2. The van der Waals surface area contributed by atoms with Crippen LogP contribution in [0.4, 0.5) is 0 Å². The summed E-state index contributed by atoms with van der Waals surface area (Å²) < 4.78 is 0. The van der Waals surface area contributed by atoms with Gasteiger partial charge in [0, 0.05) is 33.8 Å². The molecule has 3 heteroatoms. The number of hydrogen-bond acceptors (Lipinski definition) is 3. The third-order valence-electron chi connectivity index (χ3n) is 7.60. The molecule has 0 N–H and O–H groups in total. The molecular weight excluding hydrogens is 496 g/mol. The maximum absolute atomic E-state index is 12.6. The zero-order valence-electron chi connectivity index (χ0n) is 25.0. The zero-order chi connectivity index (χ0) is 28.0. The number of rotatable bonds is 24. The van der Waals surface area contributed by atoms with Crippen molar-refractivity contribution in [3.05, 3.63) is 59.7 Å². The highest BCUT2D eigenvalue weighted by atomic mass is 32.2. The minimum Gasteiger partial charge on any atom is -0.294 e.